The van der Waals surface area contributed by atoms with Gasteiger partial charge in [-0.3, -0.25) is 0 Å². The second kappa shape index (κ2) is 4.29. The summed E-state index contributed by atoms with van der Waals surface area (Å²) < 4.78 is 0. The molecule has 2 rings (SSSR count). The monoisotopic (exact) mass is 188 g/mol. The first kappa shape index (κ1) is 9.28. The molecule has 0 aliphatic rings. The van der Waals surface area contributed by atoms with E-state index in [1.54, 1.807) is 0 Å². The zero-order chi connectivity index (χ0) is 9.80. The molecule has 1 aromatic heterocycles. The highest BCUT2D eigenvalue weighted by atomic mass is 14.8. The number of para-hydroxylation sites is 1. The summed E-state index contributed by atoms with van der Waals surface area (Å²) in [5.41, 5.74) is 2.67. The summed E-state index contributed by atoms with van der Waals surface area (Å²) in [6.07, 6.45) is 4.46. The Hall–Kier alpha value is -1.28. The molecule has 0 aliphatic heterocycles. The normalized spacial score (nSPS) is 10.9. The minimum absolute atomic E-state index is 1.08. The Morgan fingerprint density at radius 2 is 2.14 bits per heavy atom. The highest BCUT2D eigenvalue weighted by Crippen LogP contribution is 2.18. The van der Waals surface area contributed by atoms with Gasteiger partial charge in [0.1, 0.15) is 0 Å². The van der Waals surface area contributed by atoms with Crippen molar-refractivity contribution < 1.29 is 0 Å². The Kier molecular flexibility index (Phi) is 2.84. The molecule has 1 heterocycles. The zero-order valence-corrected chi connectivity index (χ0v) is 8.51. The van der Waals surface area contributed by atoms with Crippen LogP contribution in [0.5, 0.6) is 0 Å². The lowest BCUT2D eigenvalue weighted by atomic mass is 10.1. The van der Waals surface area contributed by atoms with Crippen LogP contribution in [-0.4, -0.2) is 18.6 Å². The second-order valence-corrected chi connectivity index (χ2v) is 3.57. The molecule has 0 saturated carbocycles. The van der Waals surface area contributed by atoms with E-state index < -0.39 is 0 Å². The SMILES string of the molecule is CNCCCc1c[nH]c2ccccc12. The van der Waals surface area contributed by atoms with Crippen LogP contribution in [0, 0.1) is 0 Å². The molecule has 0 aliphatic carbocycles. The van der Waals surface area contributed by atoms with Crippen molar-refractivity contribution in [3.8, 4) is 0 Å². The maximum Gasteiger partial charge on any atom is 0.0456 e. The number of hydrogen-bond donors (Lipinski definition) is 2. The van der Waals surface area contributed by atoms with Crippen molar-refractivity contribution in [1.29, 1.82) is 0 Å². The van der Waals surface area contributed by atoms with Gasteiger partial charge in [0.05, 0.1) is 0 Å². The van der Waals surface area contributed by atoms with Crippen LogP contribution < -0.4 is 5.32 Å². The molecular formula is C12H16N2. The highest BCUT2D eigenvalue weighted by molar-refractivity contribution is 5.82. The van der Waals surface area contributed by atoms with E-state index in [2.05, 4.69) is 40.8 Å². The van der Waals surface area contributed by atoms with Gasteiger partial charge >= 0.3 is 0 Å². The fourth-order valence-electron chi connectivity index (χ4n) is 1.79. The van der Waals surface area contributed by atoms with Gasteiger partial charge in [0, 0.05) is 17.1 Å². The van der Waals surface area contributed by atoms with E-state index in [0.717, 1.165) is 13.0 Å². The van der Waals surface area contributed by atoms with Crippen LogP contribution in [0.4, 0.5) is 0 Å². The van der Waals surface area contributed by atoms with Gasteiger partial charge in [-0.25, -0.2) is 0 Å². The first-order valence-electron chi connectivity index (χ1n) is 5.11. The molecule has 0 unspecified atom stereocenters. The largest absolute Gasteiger partial charge is 0.361 e. The third kappa shape index (κ3) is 1.80. The number of aromatic nitrogens is 1. The lowest BCUT2D eigenvalue weighted by Gasteiger charge is -1.98. The predicted molar refractivity (Wildman–Crippen MR) is 60.5 cm³/mol. The van der Waals surface area contributed by atoms with Gasteiger partial charge in [-0.15, -0.1) is 0 Å². The summed E-state index contributed by atoms with van der Waals surface area (Å²) in [5, 5.41) is 4.53. The smallest absolute Gasteiger partial charge is 0.0456 e. The first-order valence-corrected chi connectivity index (χ1v) is 5.11. The lowest BCUT2D eigenvalue weighted by molar-refractivity contribution is 0.727. The predicted octanol–water partition coefficient (Wildman–Crippen LogP) is 2.32. The molecule has 0 radical (unpaired) electrons. The molecule has 2 N–H and O–H groups in total. The van der Waals surface area contributed by atoms with E-state index in [1.165, 1.54) is 22.9 Å². The molecule has 0 atom stereocenters. The van der Waals surface area contributed by atoms with Crippen LogP contribution in [0.2, 0.25) is 0 Å². The lowest BCUT2D eigenvalue weighted by Crippen LogP contribution is -2.08. The number of aromatic amines is 1. The number of benzene rings is 1. The Bertz CT molecular complexity index is 403. The molecule has 2 heteroatoms. The fraction of sp³-hybridized carbons (Fsp3) is 0.333. The third-order valence-electron chi connectivity index (χ3n) is 2.55. The molecule has 0 spiro atoms. The number of H-pyrrole nitrogens is 1. The minimum atomic E-state index is 1.08. The van der Waals surface area contributed by atoms with E-state index in [-0.39, 0.29) is 0 Å². The standard InChI is InChI=1S/C12H16N2/c1-13-8-4-5-10-9-14-12-7-3-2-6-11(10)12/h2-3,6-7,9,13-14H,4-5,8H2,1H3. The van der Waals surface area contributed by atoms with Gasteiger partial charge in [0.2, 0.25) is 0 Å². The van der Waals surface area contributed by atoms with E-state index >= 15 is 0 Å². The number of hydrogen-bond acceptors (Lipinski definition) is 1. The molecule has 2 aromatic rings. The van der Waals surface area contributed by atoms with Gasteiger partial charge in [-0.2, -0.15) is 0 Å². The molecular weight excluding hydrogens is 172 g/mol. The van der Waals surface area contributed by atoms with Gasteiger partial charge < -0.3 is 10.3 Å². The van der Waals surface area contributed by atoms with Crippen LogP contribution in [0.1, 0.15) is 12.0 Å². The molecule has 0 bridgehead atoms. The van der Waals surface area contributed by atoms with Gasteiger partial charge in [-0.05, 0) is 38.1 Å². The van der Waals surface area contributed by atoms with Crippen molar-refractivity contribution in [2.75, 3.05) is 13.6 Å². The van der Waals surface area contributed by atoms with Crippen molar-refractivity contribution in [3.05, 3.63) is 36.0 Å². The average molecular weight is 188 g/mol. The summed E-state index contributed by atoms with van der Waals surface area (Å²) in [5.74, 6) is 0. The maximum atomic E-state index is 3.29. The van der Waals surface area contributed by atoms with Gasteiger partial charge in [-0.1, -0.05) is 18.2 Å². The Labute approximate surface area is 84.3 Å². The molecule has 0 amide bonds. The molecule has 2 nitrogen and oxygen atoms in total. The number of nitrogens with one attached hydrogen (secondary N) is 2. The average Bonchev–Trinajstić information content (AvgIpc) is 2.63. The van der Waals surface area contributed by atoms with E-state index in [0.29, 0.717) is 0 Å². The van der Waals surface area contributed by atoms with Crippen molar-refractivity contribution in [2.45, 2.75) is 12.8 Å². The van der Waals surface area contributed by atoms with Crippen LogP contribution in [0.3, 0.4) is 0 Å². The van der Waals surface area contributed by atoms with E-state index in [1.807, 2.05) is 7.05 Å². The second-order valence-electron chi connectivity index (χ2n) is 3.57. The highest BCUT2D eigenvalue weighted by Gasteiger charge is 2.01. The summed E-state index contributed by atoms with van der Waals surface area (Å²) in [4.78, 5) is 3.29. The van der Waals surface area contributed by atoms with Gasteiger partial charge in [0.15, 0.2) is 0 Å². The van der Waals surface area contributed by atoms with E-state index in [4.69, 9.17) is 0 Å². The fourth-order valence-corrected chi connectivity index (χ4v) is 1.79. The topological polar surface area (TPSA) is 27.8 Å². The number of aryl methyl sites for hydroxylation is 1. The van der Waals surface area contributed by atoms with Crippen molar-refractivity contribution in [1.82, 2.24) is 10.3 Å². The van der Waals surface area contributed by atoms with Crippen LogP contribution in [-0.2, 0) is 6.42 Å². The van der Waals surface area contributed by atoms with Crippen molar-refractivity contribution in [2.24, 2.45) is 0 Å². The summed E-state index contributed by atoms with van der Waals surface area (Å²) >= 11 is 0. The Morgan fingerprint density at radius 1 is 1.29 bits per heavy atom. The quantitative estimate of drug-likeness (QED) is 0.708. The number of fused-ring (bicyclic) bond motifs is 1. The summed E-state index contributed by atoms with van der Waals surface area (Å²) in [6.45, 7) is 1.08. The third-order valence-corrected chi connectivity index (χ3v) is 2.55. The van der Waals surface area contributed by atoms with Crippen molar-refractivity contribution >= 4 is 10.9 Å². The molecule has 14 heavy (non-hydrogen) atoms. The molecule has 0 fully saturated rings. The Morgan fingerprint density at radius 3 is 3.00 bits per heavy atom. The minimum Gasteiger partial charge on any atom is -0.361 e. The van der Waals surface area contributed by atoms with Crippen LogP contribution >= 0.6 is 0 Å². The molecule has 1 aromatic carbocycles. The van der Waals surface area contributed by atoms with Gasteiger partial charge in [0.25, 0.3) is 0 Å². The van der Waals surface area contributed by atoms with Crippen LogP contribution in [0.25, 0.3) is 10.9 Å². The number of rotatable bonds is 4. The van der Waals surface area contributed by atoms with Crippen molar-refractivity contribution in [3.63, 3.8) is 0 Å². The maximum absolute atomic E-state index is 3.29. The summed E-state index contributed by atoms with van der Waals surface area (Å²) in [7, 11) is 2.00. The Balaban J connectivity index is 2.17. The van der Waals surface area contributed by atoms with Crippen LogP contribution in [0.15, 0.2) is 30.5 Å². The molecule has 74 valence electrons. The first-order chi connectivity index (χ1) is 6.92. The zero-order valence-electron chi connectivity index (χ0n) is 8.51. The van der Waals surface area contributed by atoms with E-state index in [9.17, 15) is 0 Å². The summed E-state index contributed by atoms with van der Waals surface area (Å²) in [6, 6.07) is 8.46. The molecule has 0 saturated heterocycles.